The predicted octanol–water partition coefficient (Wildman–Crippen LogP) is 2.88. The lowest BCUT2D eigenvalue weighted by Gasteiger charge is -2.33. The van der Waals surface area contributed by atoms with Gasteiger partial charge in [0, 0.05) is 26.2 Å². The first-order valence-corrected chi connectivity index (χ1v) is 10.9. The van der Waals surface area contributed by atoms with Gasteiger partial charge in [0.25, 0.3) is 10.0 Å². The lowest BCUT2D eigenvalue weighted by atomic mass is 10.3. The topological polar surface area (TPSA) is 62.7 Å². The number of piperazine rings is 1. The highest BCUT2D eigenvalue weighted by Crippen LogP contribution is 2.32. The molecule has 25 heavy (non-hydrogen) atoms. The Kier molecular flexibility index (Phi) is 4.40. The Balaban J connectivity index is 1.50. The van der Waals surface area contributed by atoms with Gasteiger partial charge < -0.3 is 9.64 Å². The van der Waals surface area contributed by atoms with E-state index in [0.29, 0.717) is 30.4 Å². The standard InChI is InChI=1S/C16H17N3O3S3/c1-22-12-4-5-13-14(11-12)24-16(17-13)18-6-8-19(9-7-18)25(20,21)15-3-2-10-23-15/h2-5,10-11H,6-9H2,1H3. The number of rotatable bonds is 4. The largest absolute Gasteiger partial charge is 0.497 e. The van der Waals surface area contributed by atoms with E-state index in [4.69, 9.17) is 4.74 Å². The smallest absolute Gasteiger partial charge is 0.252 e. The zero-order valence-electron chi connectivity index (χ0n) is 13.6. The van der Waals surface area contributed by atoms with Gasteiger partial charge in [-0.25, -0.2) is 13.4 Å². The molecule has 0 saturated carbocycles. The Morgan fingerprint density at radius 1 is 1.16 bits per heavy atom. The number of thiazole rings is 1. The molecule has 1 saturated heterocycles. The van der Waals surface area contributed by atoms with Crippen molar-refractivity contribution in [1.82, 2.24) is 9.29 Å². The Morgan fingerprint density at radius 2 is 1.96 bits per heavy atom. The van der Waals surface area contributed by atoms with E-state index in [2.05, 4.69) is 9.88 Å². The van der Waals surface area contributed by atoms with Crippen LogP contribution in [0.2, 0.25) is 0 Å². The minimum absolute atomic E-state index is 0.410. The predicted molar refractivity (Wildman–Crippen MR) is 101 cm³/mol. The molecular formula is C16H17N3O3S3. The molecule has 0 amide bonds. The molecule has 1 aliphatic heterocycles. The summed E-state index contributed by atoms with van der Waals surface area (Å²) in [4.78, 5) is 6.82. The van der Waals surface area contributed by atoms with Crippen LogP contribution in [0.25, 0.3) is 10.2 Å². The molecule has 0 atom stereocenters. The third kappa shape index (κ3) is 3.12. The molecule has 9 heteroatoms. The summed E-state index contributed by atoms with van der Waals surface area (Å²) < 4.78 is 33.5. The highest BCUT2D eigenvalue weighted by Gasteiger charge is 2.30. The van der Waals surface area contributed by atoms with Gasteiger partial charge in [0.05, 0.1) is 17.3 Å². The average molecular weight is 396 g/mol. The highest BCUT2D eigenvalue weighted by molar-refractivity contribution is 7.91. The molecule has 0 aliphatic carbocycles. The van der Waals surface area contributed by atoms with Crippen LogP contribution < -0.4 is 9.64 Å². The van der Waals surface area contributed by atoms with Crippen molar-refractivity contribution >= 4 is 48.0 Å². The molecule has 1 aromatic carbocycles. The zero-order chi connectivity index (χ0) is 17.4. The van der Waals surface area contributed by atoms with Gasteiger partial charge in [-0.1, -0.05) is 17.4 Å². The quantitative estimate of drug-likeness (QED) is 0.680. The first-order chi connectivity index (χ1) is 12.1. The Hall–Kier alpha value is -1.68. The number of hydrogen-bond donors (Lipinski definition) is 0. The van der Waals surface area contributed by atoms with Gasteiger partial charge in [-0.3, -0.25) is 0 Å². The molecule has 132 valence electrons. The highest BCUT2D eigenvalue weighted by atomic mass is 32.2. The third-order valence-electron chi connectivity index (χ3n) is 4.18. The lowest BCUT2D eigenvalue weighted by Crippen LogP contribution is -2.48. The molecule has 0 unspecified atom stereocenters. The fourth-order valence-electron chi connectivity index (χ4n) is 2.81. The maximum absolute atomic E-state index is 12.6. The number of anilines is 1. The molecule has 3 heterocycles. The van der Waals surface area contributed by atoms with Crippen LogP contribution >= 0.6 is 22.7 Å². The van der Waals surface area contributed by atoms with Crippen LogP contribution in [0.1, 0.15) is 0 Å². The van der Waals surface area contributed by atoms with Crippen molar-refractivity contribution in [1.29, 1.82) is 0 Å². The molecule has 1 aliphatic rings. The summed E-state index contributed by atoms with van der Waals surface area (Å²) in [7, 11) is -1.72. The van der Waals surface area contributed by atoms with E-state index in [0.717, 1.165) is 21.1 Å². The number of methoxy groups -OCH3 is 1. The van der Waals surface area contributed by atoms with Gasteiger partial charge in [-0.15, -0.1) is 11.3 Å². The number of fused-ring (bicyclic) bond motifs is 1. The minimum Gasteiger partial charge on any atom is -0.497 e. The number of hydrogen-bond acceptors (Lipinski definition) is 7. The number of sulfonamides is 1. The summed E-state index contributed by atoms with van der Waals surface area (Å²) in [5.74, 6) is 0.814. The third-order valence-corrected chi connectivity index (χ3v) is 8.53. The molecule has 6 nitrogen and oxygen atoms in total. The first kappa shape index (κ1) is 16.8. The minimum atomic E-state index is -3.37. The van der Waals surface area contributed by atoms with Crippen molar-refractivity contribution < 1.29 is 13.2 Å². The Morgan fingerprint density at radius 3 is 2.64 bits per heavy atom. The van der Waals surface area contributed by atoms with Gasteiger partial charge in [0.2, 0.25) is 0 Å². The molecule has 3 aromatic rings. The maximum Gasteiger partial charge on any atom is 0.252 e. The average Bonchev–Trinajstić information content (AvgIpc) is 3.31. The summed E-state index contributed by atoms with van der Waals surface area (Å²) in [5, 5.41) is 2.72. The number of thiophene rings is 1. The summed E-state index contributed by atoms with van der Waals surface area (Å²) in [6.45, 7) is 2.22. The molecule has 0 spiro atoms. The normalized spacial score (nSPS) is 16.4. The fraction of sp³-hybridized carbons (Fsp3) is 0.312. The van der Waals surface area contributed by atoms with Gasteiger partial charge in [0.15, 0.2) is 5.13 Å². The number of ether oxygens (including phenoxy) is 1. The molecule has 2 aromatic heterocycles. The van der Waals surface area contributed by atoms with Crippen molar-refractivity contribution in [3.63, 3.8) is 0 Å². The fourth-order valence-corrected chi connectivity index (χ4v) is 6.42. The van der Waals surface area contributed by atoms with Crippen LogP contribution in [-0.4, -0.2) is 51.0 Å². The van der Waals surface area contributed by atoms with Gasteiger partial charge in [-0.05, 0) is 29.6 Å². The second-order valence-electron chi connectivity index (χ2n) is 5.65. The first-order valence-electron chi connectivity index (χ1n) is 7.81. The summed E-state index contributed by atoms with van der Waals surface area (Å²) in [6.07, 6.45) is 0. The Bertz CT molecular complexity index is 975. The summed E-state index contributed by atoms with van der Waals surface area (Å²) in [6, 6.07) is 9.26. The second-order valence-corrected chi connectivity index (χ2v) is 9.77. The van der Waals surface area contributed by atoms with Crippen LogP contribution in [0.3, 0.4) is 0 Å². The van der Waals surface area contributed by atoms with Gasteiger partial charge in [-0.2, -0.15) is 4.31 Å². The summed E-state index contributed by atoms with van der Waals surface area (Å²) in [5.41, 5.74) is 0.939. The molecular weight excluding hydrogens is 378 g/mol. The van der Waals surface area contributed by atoms with Crippen LogP contribution in [-0.2, 0) is 10.0 Å². The van der Waals surface area contributed by atoms with Crippen LogP contribution in [0, 0.1) is 0 Å². The lowest BCUT2D eigenvalue weighted by molar-refractivity contribution is 0.386. The van der Waals surface area contributed by atoms with E-state index in [1.54, 1.807) is 40.3 Å². The second kappa shape index (κ2) is 6.56. The molecule has 0 N–H and O–H groups in total. The van der Waals surface area contributed by atoms with Crippen molar-refractivity contribution in [2.24, 2.45) is 0 Å². The maximum atomic E-state index is 12.6. The number of aromatic nitrogens is 1. The molecule has 4 rings (SSSR count). The van der Waals surface area contributed by atoms with E-state index in [1.165, 1.54) is 11.3 Å². The van der Waals surface area contributed by atoms with Crippen molar-refractivity contribution in [3.05, 3.63) is 35.7 Å². The molecule has 0 bridgehead atoms. The van der Waals surface area contributed by atoms with Crippen LogP contribution in [0.5, 0.6) is 5.75 Å². The number of benzene rings is 1. The van der Waals surface area contributed by atoms with E-state index in [1.807, 2.05) is 18.2 Å². The van der Waals surface area contributed by atoms with E-state index in [9.17, 15) is 8.42 Å². The van der Waals surface area contributed by atoms with Crippen molar-refractivity contribution in [2.45, 2.75) is 4.21 Å². The van der Waals surface area contributed by atoms with Crippen molar-refractivity contribution in [2.75, 3.05) is 38.2 Å². The van der Waals surface area contributed by atoms with Crippen molar-refractivity contribution in [3.8, 4) is 5.75 Å². The SMILES string of the molecule is COc1ccc2nc(N3CCN(S(=O)(=O)c4cccs4)CC3)sc2c1. The monoisotopic (exact) mass is 395 g/mol. The summed E-state index contributed by atoms with van der Waals surface area (Å²) >= 11 is 2.87. The molecule has 0 radical (unpaired) electrons. The molecule has 1 fully saturated rings. The number of nitrogens with zero attached hydrogens (tertiary/aromatic N) is 3. The van der Waals surface area contributed by atoms with E-state index in [-0.39, 0.29) is 0 Å². The van der Waals surface area contributed by atoms with Gasteiger partial charge in [0.1, 0.15) is 9.96 Å². The van der Waals surface area contributed by atoms with E-state index >= 15 is 0 Å². The van der Waals surface area contributed by atoms with Crippen LogP contribution in [0.4, 0.5) is 5.13 Å². The zero-order valence-corrected chi connectivity index (χ0v) is 16.0. The van der Waals surface area contributed by atoms with E-state index < -0.39 is 10.0 Å². The Labute approximate surface area is 154 Å². The van der Waals surface area contributed by atoms with Gasteiger partial charge >= 0.3 is 0 Å². The van der Waals surface area contributed by atoms with Crippen LogP contribution in [0.15, 0.2) is 39.9 Å².